The summed E-state index contributed by atoms with van der Waals surface area (Å²) < 4.78 is 37.2. The Kier molecular flexibility index (Phi) is 4.32. The van der Waals surface area contributed by atoms with Gasteiger partial charge < -0.3 is 15.2 Å². The lowest BCUT2D eigenvalue weighted by molar-refractivity contribution is 0.342. The second-order valence-corrected chi connectivity index (χ2v) is 6.15. The topological polar surface area (TPSA) is 116 Å². The zero-order chi connectivity index (χ0) is 15.5. The van der Waals surface area contributed by atoms with E-state index in [9.17, 15) is 8.42 Å². The van der Waals surface area contributed by atoms with Crippen LogP contribution in [0.15, 0.2) is 30.3 Å². The van der Waals surface area contributed by atoms with Gasteiger partial charge in [-0.25, -0.2) is 13.4 Å². The molecule has 2 rings (SSSR count). The van der Waals surface area contributed by atoms with E-state index in [0.29, 0.717) is 12.1 Å². The van der Waals surface area contributed by atoms with E-state index in [-0.39, 0.29) is 17.4 Å². The molecular formula is C12H16N4O4S. The van der Waals surface area contributed by atoms with Crippen molar-refractivity contribution < 1.29 is 17.9 Å². The van der Waals surface area contributed by atoms with Crippen molar-refractivity contribution in [3.05, 3.63) is 30.3 Å². The third-order valence-electron chi connectivity index (χ3n) is 2.90. The zero-order valence-corrected chi connectivity index (χ0v) is 12.4. The Bertz CT molecular complexity index is 684. The molecule has 21 heavy (non-hydrogen) atoms. The molecule has 1 unspecified atom stereocenters. The summed E-state index contributed by atoms with van der Waals surface area (Å²) in [6, 6.07) is 0. The van der Waals surface area contributed by atoms with Gasteiger partial charge >= 0.3 is 0 Å². The smallest absolute Gasteiger partial charge is 0.262 e. The lowest BCUT2D eigenvalue weighted by Crippen LogP contribution is -2.28. The van der Waals surface area contributed by atoms with E-state index in [4.69, 9.17) is 15.2 Å². The van der Waals surface area contributed by atoms with Gasteiger partial charge in [0.2, 0.25) is 15.8 Å². The van der Waals surface area contributed by atoms with Crippen LogP contribution in [0, 0.1) is 0 Å². The highest BCUT2D eigenvalue weighted by Crippen LogP contribution is 2.32. The number of hydrogen-bond donors (Lipinski definition) is 2. The molecule has 1 aromatic rings. The average molecular weight is 312 g/mol. The number of sulfonamides is 1. The van der Waals surface area contributed by atoms with Crippen LogP contribution in [0.2, 0.25) is 0 Å². The summed E-state index contributed by atoms with van der Waals surface area (Å²) in [5.74, 6) is 0.298. The number of ether oxygens (including phenoxy) is 2. The third kappa shape index (κ3) is 3.24. The average Bonchev–Trinajstić information content (AvgIpc) is 2.47. The molecule has 0 radical (unpaired) electrons. The van der Waals surface area contributed by atoms with Crippen molar-refractivity contribution >= 4 is 15.8 Å². The van der Waals surface area contributed by atoms with Crippen molar-refractivity contribution in [2.75, 3.05) is 18.9 Å². The Morgan fingerprint density at radius 2 is 2.10 bits per heavy atom. The molecule has 1 heterocycles. The number of aromatic nitrogens is 2. The molecule has 0 amide bonds. The largest absolute Gasteiger partial charge is 0.489 e. The fourth-order valence-corrected chi connectivity index (χ4v) is 3.02. The lowest BCUT2D eigenvalue weighted by atomic mass is 10.1. The van der Waals surface area contributed by atoms with Crippen molar-refractivity contribution in [2.24, 2.45) is 5.73 Å². The maximum Gasteiger partial charge on any atom is 0.262 e. The molecule has 8 nitrogen and oxygen atoms in total. The number of hydrogen-bond acceptors (Lipinski definition) is 7. The van der Waals surface area contributed by atoms with Crippen molar-refractivity contribution in [3.8, 4) is 11.6 Å². The van der Waals surface area contributed by atoms with Crippen LogP contribution in [0.3, 0.4) is 0 Å². The summed E-state index contributed by atoms with van der Waals surface area (Å²) in [6.45, 7) is 0. The summed E-state index contributed by atoms with van der Waals surface area (Å²) in [7, 11) is -0.899. The molecule has 1 aromatic heterocycles. The van der Waals surface area contributed by atoms with Gasteiger partial charge in [0.05, 0.1) is 14.2 Å². The molecule has 0 spiro atoms. The number of allylic oxidation sites excluding steroid dienone is 2. The zero-order valence-electron chi connectivity index (χ0n) is 11.6. The van der Waals surface area contributed by atoms with E-state index >= 15 is 0 Å². The second kappa shape index (κ2) is 6.00. The molecule has 3 N–H and O–H groups in total. The van der Waals surface area contributed by atoms with Gasteiger partial charge in [0, 0.05) is 5.70 Å². The Morgan fingerprint density at radius 3 is 2.67 bits per heavy atom. The van der Waals surface area contributed by atoms with Crippen LogP contribution in [-0.4, -0.2) is 37.9 Å². The first-order valence-electron chi connectivity index (χ1n) is 6.06. The van der Waals surface area contributed by atoms with Crippen LogP contribution in [0.5, 0.6) is 11.6 Å². The summed E-state index contributed by atoms with van der Waals surface area (Å²) in [5.41, 5.74) is 6.12. The van der Waals surface area contributed by atoms with Crippen LogP contribution in [0.4, 0.5) is 5.82 Å². The standard InChI is InChI=1S/C12H16N4O4S/c1-19-10-11(14-7-15-12(10)20-2)16-21(17,18)9-5-3-8(13)4-6-9/h3-5,7,9H,6,13H2,1-2H3,(H,14,15,16). The molecule has 1 aliphatic carbocycles. The molecule has 9 heteroatoms. The minimum atomic E-state index is -3.68. The minimum absolute atomic E-state index is 0.0280. The van der Waals surface area contributed by atoms with Gasteiger partial charge in [0.15, 0.2) is 5.82 Å². The van der Waals surface area contributed by atoms with Gasteiger partial charge in [-0.2, -0.15) is 4.98 Å². The number of rotatable bonds is 5. The van der Waals surface area contributed by atoms with E-state index < -0.39 is 15.3 Å². The molecule has 0 saturated carbocycles. The summed E-state index contributed by atoms with van der Waals surface area (Å²) in [5, 5.41) is -0.726. The molecule has 0 aliphatic heterocycles. The quantitative estimate of drug-likeness (QED) is 0.808. The SMILES string of the molecule is COc1ncnc(NS(=O)(=O)C2C=CC(N)=CC2)c1OC. The van der Waals surface area contributed by atoms with Gasteiger partial charge in [0.1, 0.15) is 11.6 Å². The molecule has 0 saturated heterocycles. The summed E-state index contributed by atoms with van der Waals surface area (Å²) >= 11 is 0. The molecule has 1 atom stereocenters. The Morgan fingerprint density at radius 1 is 1.33 bits per heavy atom. The third-order valence-corrected chi connectivity index (χ3v) is 4.52. The predicted octanol–water partition coefficient (Wildman–Crippen LogP) is 0.407. The maximum absolute atomic E-state index is 12.3. The number of anilines is 1. The normalized spacial score (nSPS) is 18.0. The Balaban J connectivity index is 2.27. The van der Waals surface area contributed by atoms with Gasteiger partial charge in [0.25, 0.3) is 5.88 Å². The van der Waals surface area contributed by atoms with Gasteiger partial charge in [-0.05, 0) is 12.5 Å². The van der Waals surface area contributed by atoms with Crippen LogP contribution in [-0.2, 0) is 10.0 Å². The van der Waals surface area contributed by atoms with Crippen molar-refractivity contribution in [1.29, 1.82) is 0 Å². The van der Waals surface area contributed by atoms with Gasteiger partial charge in [-0.1, -0.05) is 12.2 Å². The number of nitrogens with one attached hydrogen (secondary N) is 1. The van der Waals surface area contributed by atoms with E-state index in [1.807, 2.05) is 0 Å². The van der Waals surface area contributed by atoms with Gasteiger partial charge in [-0.3, -0.25) is 4.72 Å². The fraction of sp³-hybridized carbons (Fsp3) is 0.333. The Labute approximate surface area is 122 Å². The summed E-state index contributed by atoms with van der Waals surface area (Å²) in [4.78, 5) is 7.73. The Hall–Kier alpha value is -2.29. The highest BCUT2D eigenvalue weighted by Gasteiger charge is 2.26. The van der Waals surface area contributed by atoms with E-state index in [1.54, 1.807) is 12.2 Å². The molecule has 1 aliphatic rings. The first-order chi connectivity index (χ1) is 9.97. The minimum Gasteiger partial charge on any atom is -0.489 e. The van der Waals surface area contributed by atoms with E-state index in [0.717, 1.165) is 0 Å². The lowest BCUT2D eigenvalue weighted by Gasteiger charge is -2.18. The van der Waals surface area contributed by atoms with Gasteiger partial charge in [-0.15, -0.1) is 0 Å². The first kappa shape index (κ1) is 15.1. The van der Waals surface area contributed by atoms with Crippen LogP contribution >= 0.6 is 0 Å². The number of nitrogens with two attached hydrogens (primary N) is 1. The number of nitrogens with zero attached hydrogens (tertiary/aromatic N) is 2. The maximum atomic E-state index is 12.3. The predicted molar refractivity (Wildman–Crippen MR) is 77.5 cm³/mol. The van der Waals surface area contributed by atoms with Crippen LogP contribution < -0.4 is 19.9 Å². The van der Waals surface area contributed by atoms with Crippen molar-refractivity contribution in [1.82, 2.24) is 9.97 Å². The molecular weight excluding hydrogens is 296 g/mol. The van der Waals surface area contributed by atoms with Crippen molar-refractivity contribution in [2.45, 2.75) is 11.7 Å². The molecule has 0 bridgehead atoms. The summed E-state index contributed by atoms with van der Waals surface area (Å²) in [6.07, 6.45) is 6.23. The fourth-order valence-electron chi connectivity index (χ4n) is 1.82. The number of methoxy groups -OCH3 is 2. The van der Waals surface area contributed by atoms with E-state index in [2.05, 4.69) is 14.7 Å². The van der Waals surface area contributed by atoms with Crippen LogP contribution in [0.25, 0.3) is 0 Å². The monoisotopic (exact) mass is 312 g/mol. The first-order valence-corrected chi connectivity index (χ1v) is 7.61. The highest BCUT2D eigenvalue weighted by atomic mass is 32.2. The highest BCUT2D eigenvalue weighted by molar-refractivity contribution is 7.93. The van der Waals surface area contributed by atoms with Crippen LogP contribution in [0.1, 0.15) is 6.42 Å². The molecule has 0 aromatic carbocycles. The van der Waals surface area contributed by atoms with Crippen molar-refractivity contribution in [3.63, 3.8) is 0 Å². The van der Waals surface area contributed by atoms with E-state index in [1.165, 1.54) is 26.6 Å². The molecule has 0 fully saturated rings. The second-order valence-electron chi connectivity index (χ2n) is 4.25. The molecule has 114 valence electrons.